The summed E-state index contributed by atoms with van der Waals surface area (Å²) in [5.74, 6) is -3.73. The van der Waals surface area contributed by atoms with Crippen molar-refractivity contribution in [1.29, 1.82) is 0 Å². The van der Waals surface area contributed by atoms with E-state index in [2.05, 4.69) is 0 Å². The van der Waals surface area contributed by atoms with E-state index in [1.54, 1.807) is 6.92 Å². The highest BCUT2D eigenvalue weighted by atomic mass is 35.5. The fourth-order valence-electron chi connectivity index (χ4n) is 2.24. The Labute approximate surface area is 142 Å². The second-order valence-corrected chi connectivity index (χ2v) is 5.76. The first-order valence-corrected chi connectivity index (χ1v) is 7.55. The molecule has 0 saturated heterocycles. The minimum atomic E-state index is -1.22. The molecule has 1 heterocycles. The zero-order valence-electron chi connectivity index (χ0n) is 12.4. The Balaban J connectivity index is 2.31. The number of hydrogen-bond acceptors (Lipinski definition) is 5. The van der Waals surface area contributed by atoms with Gasteiger partial charge in [-0.05, 0) is 26.0 Å². The third kappa shape index (κ3) is 3.23. The Hall–Kier alpha value is -1.92. The fourth-order valence-corrected chi connectivity index (χ4v) is 2.57. The summed E-state index contributed by atoms with van der Waals surface area (Å²) in [6.07, 6.45) is 0. The Morgan fingerprint density at radius 2 is 1.61 bits per heavy atom. The molecule has 0 radical (unpaired) electrons. The normalized spacial score (nSPS) is 14.7. The van der Waals surface area contributed by atoms with Crippen LogP contribution in [0.4, 0.5) is 0 Å². The monoisotopic (exact) mass is 357 g/mol. The van der Waals surface area contributed by atoms with Crippen LogP contribution in [-0.2, 0) is 14.3 Å². The molecule has 122 valence electrons. The van der Waals surface area contributed by atoms with Crippen molar-refractivity contribution in [1.82, 2.24) is 4.90 Å². The van der Waals surface area contributed by atoms with Crippen molar-refractivity contribution in [2.24, 2.45) is 5.92 Å². The van der Waals surface area contributed by atoms with Crippen molar-refractivity contribution >= 4 is 46.8 Å². The van der Waals surface area contributed by atoms with Crippen molar-refractivity contribution in [2.45, 2.75) is 13.8 Å². The topological polar surface area (TPSA) is 80.8 Å². The summed E-state index contributed by atoms with van der Waals surface area (Å²) in [4.78, 5) is 49.0. The highest BCUT2D eigenvalue weighted by molar-refractivity contribution is 6.43. The van der Waals surface area contributed by atoms with Crippen LogP contribution in [0.5, 0.6) is 0 Å². The van der Waals surface area contributed by atoms with Crippen LogP contribution in [0.1, 0.15) is 34.6 Å². The summed E-state index contributed by atoms with van der Waals surface area (Å²) in [6.45, 7) is 2.51. The van der Waals surface area contributed by atoms with Crippen molar-refractivity contribution < 1.29 is 23.9 Å². The molecule has 0 aromatic heterocycles. The van der Waals surface area contributed by atoms with Gasteiger partial charge in [-0.3, -0.25) is 24.1 Å². The molecule has 8 heteroatoms. The molecule has 1 aromatic carbocycles. The van der Waals surface area contributed by atoms with Crippen molar-refractivity contribution in [3.8, 4) is 0 Å². The van der Waals surface area contributed by atoms with E-state index in [1.807, 2.05) is 0 Å². The van der Waals surface area contributed by atoms with E-state index in [0.29, 0.717) is 0 Å². The number of ether oxygens (including phenoxy) is 1. The van der Waals surface area contributed by atoms with Gasteiger partial charge in [0.15, 0.2) is 0 Å². The quantitative estimate of drug-likeness (QED) is 0.459. The maximum atomic E-state index is 12.3. The van der Waals surface area contributed by atoms with E-state index in [4.69, 9.17) is 27.9 Å². The first-order valence-electron chi connectivity index (χ1n) is 6.80. The molecule has 2 amide bonds. The average Bonchev–Trinajstić information content (AvgIpc) is 2.69. The van der Waals surface area contributed by atoms with Crippen LogP contribution >= 0.6 is 23.2 Å². The molecule has 0 saturated carbocycles. The van der Waals surface area contributed by atoms with Gasteiger partial charge in [0.25, 0.3) is 11.8 Å². The number of hydrogen-bond donors (Lipinski definition) is 0. The number of Topliss-reactive ketones (excluding diaryl/α,β-unsaturated/α-hetero) is 1. The minimum absolute atomic E-state index is 0.0931. The molecule has 23 heavy (non-hydrogen) atoms. The second kappa shape index (κ2) is 6.68. The standard InChI is InChI=1S/C15H13Cl2NO5/c1-3-23-15(22)10(7(2)19)6-18-13(20)8-4-11(16)12(17)5-9(8)14(18)21/h4-5,10H,3,6H2,1-2H3. The number of esters is 1. The zero-order valence-corrected chi connectivity index (χ0v) is 13.9. The van der Waals surface area contributed by atoms with Crippen LogP contribution in [-0.4, -0.2) is 41.6 Å². The largest absolute Gasteiger partial charge is 0.465 e. The SMILES string of the molecule is CCOC(=O)C(CN1C(=O)c2cc(Cl)c(Cl)cc2C1=O)C(C)=O. The summed E-state index contributed by atoms with van der Waals surface area (Å²) in [5, 5.41) is 0.281. The maximum absolute atomic E-state index is 12.3. The molecule has 0 N–H and O–H groups in total. The number of imide groups is 1. The van der Waals surface area contributed by atoms with E-state index in [1.165, 1.54) is 19.1 Å². The fraction of sp³-hybridized carbons (Fsp3) is 0.333. The molecule has 1 atom stereocenters. The molecule has 1 aliphatic rings. The summed E-state index contributed by atoms with van der Waals surface area (Å²) in [5.41, 5.74) is 0.186. The summed E-state index contributed by atoms with van der Waals surface area (Å²) in [6, 6.07) is 2.60. The smallest absolute Gasteiger partial charge is 0.318 e. The molecular weight excluding hydrogens is 345 g/mol. The number of benzene rings is 1. The molecular formula is C15H13Cl2NO5. The van der Waals surface area contributed by atoms with E-state index >= 15 is 0 Å². The number of ketones is 1. The van der Waals surface area contributed by atoms with Gasteiger partial charge in [0.1, 0.15) is 11.7 Å². The number of amides is 2. The lowest BCUT2D eigenvalue weighted by molar-refractivity contribution is -0.151. The van der Waals surface area contributed by atoms with Gasteiger partial charge in [-0.25, -0.2) is 0 Å². The molecule has 1 unspecified atom stereocenters. The molecule has 0 spiro atoms. The van der Waals surface area contributed by atoms with E-state index < -0.39 is 29.5 Å². The van der Waals surface area contributed by atoms with Crippen LogP contribution in [0.2, 0.25) is 10.0 Å². The first kappa shape index (κ1) is 17.4. The van der Waals surface area contributed by atoms with Crippen LogP contribution in [0, 0.1) is 5.92 Å². The third-order valence-electron chi connectivity index (χ3n) is 3.44. The van der Waals surface area contributed by atoms with Gasteiger partial charge in [0.2, 0.25) is 0 Å². The number of halogens is 2. The zero-order chi connectivity index (χ0) is 17.3. The summed E-state index contributed by atoms with van der Waals surface area (Å²) < 4.78 is 4.81. The lowest BCUT2D eigenvalue weighted by Crippen LogP contribution is -2.40. The highest BCUT2D eigenvalue weighted by Gasteiger charge is 2.40. The number of carbonyl (C=O) groups excluding carboxylic acids is 4. The number of fused-ring (bicyclic) bond motifs is 1. The molecule has 6 nitrogen and oxygen atoms in total. The van der Waals surface area contributed by atoms with Crippen molar-refractivity contribution in [3.63, 3.8) is 0 Å². The predicted molar refractivity (Wildman–Crippen MR) is 82.6 cm³/mol. The molecule has 0 bridgehead atoms. The predicted octanol–water partition coefficient (Wildman–Crippen LogP) is 2.36. The Morgan fingerprint density at radius 1 is 1.13 bits per heavy atom. The van der Waals surface area contributed by atoms with Crippen molar-refractivity contribution in [2.75, 3.05) is 13.2 Å². The van der Waals surface area contributed by atoms with Gasteiger partial charge >= 0.3 is 5.97 Å². The molecule has 1 aliphatic heterocycles. The van der Waals surface area contributed by atoms with Crippen LogP contribution in [0.25, 0.3) is 0 Å². The average molecular weight is 358 g/mol. The van der Waals surface area contributed by atoms with Crippen LogP contribution in [0.3, 0.4) is 0 Å². The summed E-state index contributed by atoms with van der Waals surface area (Å²) >= 11 is 11.7. The number of carbonyl (C=O) groups is 4. The lowest BCUT2D eigenvalue weighted by atomic mass is 10.1. The molecule has 2 rings (SSSR count). The van der Waals surface area contributed by atoms with Gasteiger partial charge in [-0.2, -0.15) is 0 Å². The van der Waals surface area contributed by atoms with Gasteiger partial charge < -0.3 is 4.74 Å². The van der Waals surface area contributed by atoms with E-state index in [0.717, 1.165) is 4.90 Å². The highest BCUT2D eigenvalue weighted by Crippen LogP contribution is 2.31. The molecule has 1 aromatic rings. The Bertz CT molecular complexity index is 675. The van der Waals surface area contributed by atoms with Crippen molar-refractivity contribution in [3.05, 3.63) is 33.3 Å². The maximum Gasteiger partial charge on any atom is 0.318 e. The molecule has 0 fully saturated rings. The van der Waals surface area contributed by atoms with Crippen LogP contribution in [0.15, 0.2) is 12.1 Å². The van der Waals surface area contributed by atoms with Gasteiger partial charge in [-0.1, -0.05) is 23.2 Å². The van der Waals surface area contributed by atoms with Gasteiger partial charge in [0.05, 0.1) is 27.8 Å². The summed E-state index contributed by atoms with van der Waals surface area (Å²) in [7, 11) is 0. The van der Waals surface area contributed by atoms with Gasteiger partial charge in [0, 0.05) is 6.54 Å². The third-order valence-corrected chi connectivity index (χ3v) is 4.16. The minimum Gasteiger partial charge on any atom is -0.465 e. The second-order valence-electron chi connectivity index (χ2n) is 4.95. The number of nitrogens with zero attached hydrogens (tertiary/aromatic N) is 1. The Kier molecular flexibility index (Phi) is 5.06. The van der Waals surface area contributed by atoms with Gasteiger partial charge in [-0.15, -0.1) is 0 Å². The van der Waals surface area contributed by atoms with E-state index in [9.17, 15) is 19.2 Å². The van der Waals surface area contributed by atoms with Crippen LogP contribution < -0.4 is 0 Å². The lowest BCUT2D eigenvalue weighted by Gasteiger charge is -2.19. The number of rotatable bonds is 5. The Morgan fingerprint density at radius 3 is 2.00 bits per heavy atom. The van der Waals surface area contributed by atoms with E-state index in [-0.39, 0.29) is 34.3 Å². The molecule has 0 aliphatic carbocycles. The first-order chi connectivity index (χ1) is 10.8.